The van der Waals surface area contributed by atoms with Crippen LogP contribution in [-0.2, 0) is 0 Å². The summed E-state index contributed by atoms with van der Waals surface area (Å²) in [6.45, 7) is 4.74. The number of ether oxygens (including phenoxy) is 3. The molecule has 3 aromatic carbocycles. The van der Waals surface area contributed by atoms with Crippen LogP contribution in [0, 0.1) is 11.7 Å². The second kappa shape index (κ2) is 9.46. The Morgan fingerprint density at radius 2 is 1.86 bits per heavy atom. The van der Waals surface area contributed by atoms with Gasteiger partial charge < -0.3 is 19.5 Å². The van der Waals surface area contributed by atoms with E-state index in [0.29, 0.717) is 41.2 Å². The zero-order valence-electron chi connectivity index (χ0n) is 19.2. The van der Waals surface area contributed by atoms with Crippen molar-refractivity contribution in [2.24, 2.45) is 5.92 Å². The molecule has 1 N–H and O–H groups in total. The van der Waals surface area contributed by atoms with E-state index in [9.17, 15) is 9.18 Å². The summed E-state index contributed by atoms with van der Waals surface area (Å²) in [4.78, 5) is 17.0. The van der Waals surface area contributed by atoms with E-state index in [1.165, 1.54) is 18.2 Å². The topological polar surface area (TPSA) is 87.5 Å². The number of rotatable bonds is 7. The number of hydrogen-bond donors (Lipinski definition) is 1. The molecule has 0 saturated heterocycles. The summed E-state index contributed by atoms with van der Waals surface area (Å²) < 4.78 is 32.3. The molecular formula is C26H23FN4O4. The molecule has 0 fully saturated rings. The predicted octanol–water partition coefficient (Wildman–Crippen LogP) is 5.09. The number of fused-ring (bicyclic) bond motifs is 1. The Morgan fingerprint density at radius 1 is 1.09 bits per heavy atom. The highest BCUT2D eigenvalue weighted by atomic mass is 19.1. The Bertz CT molecular complexity index is 1370. The van der Waals surface area contributed by atoms with Crippen LogP contribution in [-0.4, -0.2) is 34.1 Å². The van der Waals surface area contributed by atoms with Crippen LogP contribution in [0.25, 0.3) is 17.1 Å². The van der Waals surface area contributed by atoms with Gasteiger partial charge >= 0.3 is 6.01 Å². The first kappa shape index (κ1) is 22.4. The predicted molar refractivity (Wildman–Crippen MR) is 128 cm³/mol. The molecule has 4 aromatic rings. The number of nitrogens with one attached hydrogen (secondary N) is 1. The Balaban J connectivity index is 1.44. The SMILES string of the molecule is CC(C)COc1nc(-c2ccc3c(c2)OCO3)n(-c2ccc(NC(=O)c3ccccc3F)cc2)n1. The molecule has 0 atom stereocenters. The van der Waals surface area contributed by atoms with Gasteiger partial charge in [0, 0.05) is 11.3 Å². The van der Waals surface area contributed by atoms with Crippen LogP contribution in [0.2, 0.25) is 0 Å². The van der Waals surface area contributed by atoms with Gasteiger partial charge in [-0.15, -0.1) is 5.10 Å². The smallest absolute Gasteiger partial charge is 0.336 e. The summed E-state index contributed by atoms with van der Waals surface area (Å²) >= 11 is 0. The number of anilines is 1. The highest BCUT2D eigenvalue weighted by Crippen LogP contribution is 2.36. The molecule has 8 nitrogen and oxygen atoms in total. The summed E-state index contributed by atoms with van der Waals surface area (Å²) in [6.07, 6.45) is 0. The van der Waals surface area contributed by atoms with Crippen LogP contribution < -0.4 is 19.5 Å². The first-order valence-corrected chi connectivity index (χ1v) is 11.1. The van der Waals surface area contributed by atoms with Gasteiger partial charge in [0.05, 0.1) is 17.9 Å². The van der Waals surface area contributed by atoms with E-state index in [1.54, 1.807) is 35.0 Å². The van der Waals surface area contributed by atoms with Crippen molar-refractivity contribution < 1.29 is 23.4 Å². The normalized spacial score (nSPS) is 12.1. The molecule has 1 aromatic heterocycles. The van der Waals surface area contributed by atoms with E-state index in [0.717, 1.165) is 5.56 Å². The van der Waals surface area contributed by atoms with Crippen molar-refractivity contribution in [2.45, 2.75) is 13.8 Å². The van der Waals surface area contributed by atoms with E-state index in [2.05, 4.69) is 15.4 Å². The lowest BCUT2D eigenvalue weighted by Gasteiger charge is -2.09. The van der Waals surface area contributed by atoms with Crippen molar-refractivity contribution >= 4 is 11.6 Å². The second-order valence-corrected chi connectivity index (χ2v) is 8.38. The Morgan fingerprint density at radius 3 is 2.63 bits per heavy atom. The summed E-state index contributed by atoms with van der Waals surface area (Å²) in [5, 5.41) is 7.26. The third kappa shape index (κ3) is 4.79. The maximum atomic E-state index is 13.9. The number of hydrogen-bond acceptors (Lipinski definition) is 6. The zero-order valence-corrected chi connectivity index (χ0v) is 19.2. The maximum absolute atomic E-state index is 13.9. The largest absolute Gasteiger partial charge is 0.462 e. The lowest BCUT2D eigenvalue weighted by Crippen LogP contribution is -2.13. The Hall–Kier alpha value is -4.40. The average molecular weight is 474 g/mol. The fraction of sp³-hybridized carbons (Fsp3) is 0.192. The monoisotopic (exact) mass is 474 g/mol. The molecule has 9 heteroatoms. The van der Waals surface area contributed by atoms with Crippen molar-refractivity contribution in [1.82, 2.24) is 14.8 Å². The van der Waals surface area contributed by atoms with Gasteiger partial charge in [0.15, 0.2) is 17.3 Å². The van der Waals surface area contributed by atoms with Crippen molar-refractivity contribution in [3.63, 3.8) is 0 Å². The molecular weight excluding hydrogens is 451 g/mol. The minimum atomic E-state index is -0.577. The standard InChI is InChI=1S/C26H23FN4O4/c1-16(2)14-33-26-29-24(17-7-12-22-23(13-17)35-15-34-22)31(30-26)19-10-8-18(9-11-19)28-25(32)20-5-3-4-6-21(20)27/h3-13,16H,14-15H2,1-2H3,(H,28,32). The number of carbonyl (C=O) groups excluding carboxylic acids is 1. The molecule has 0 unspecified atom stereocenters. The lowest BCUT2D eigenvalue weighted by molar-refractivity contribution is 0.102. The van der Waals surface area contributed by atoms with Crippen molar-refractivity contribution in [3.8, 4) is 34.6 Å². The summed E-state index contributed by atoms with van der Waals surface area (Å²) in [7, 11) is 0. The summed E-state index contributed by atoms with van der Waals surface area (Å²) in [6, 6.07) is 18.6. The summed E-state index contributed by atoms with van der Waals surface area (Å²) in [5.41, 5.74) is 1.97. The minimum absolute atomic E-state index is 0.0232. The number of nitrogens with zero attached hydrogens (tertiary/aromatic N) is 3. The number of amides is 1. The van der Waals surface area contributed by atoms with Gasteiger partial charge in [-0.3, -0.25) is 4.79 Å². The van der Waals surface area contributed by atoms with Gasteiger partial charge in [-0.1, -0.05) is 26.0 Å². The molecule has 1 aliphatic rings. The minimum Gasteiger partial charge on any atom is -0.462 e. The third-order valence-electron chi connectivity index (χ3n) is 5.25. The second-order valence-electron chi connectivity index (χ2n) is 8.38. The molecule has 0 saturated carbocycles. The van der Waals surface area contributed by atoms with Crippen molar-refractivity contribution in [3.05, 3.63) is 78.1 Å². The number of aromatic nitrogens is 3. The summed E-state index contributed by atoms with van der Waals surface area (Å²) in [5.74, 6) is 1.07. The van der Waals surface area contributed by atoms with Gasteiger partial charge in [-0.05, 0) is 60.5 Å². The van der Waals surface area contributed by atoms with Gasteiger partial charge in [0.2, 0.25) is 6.79 Å². The van der Waals surface area contributed by atoms with Gasteiger partial charge in [0.1, 0.15) is 5.82 Å². The van der Waals surface area contributed by atoms with Gasteiger partial charge in [-0.25, -0.2) is 9.07 Å². The Labute approximate surface area is 201 Å². The van der Waals surface area contributed by atoms with E-state index in [4.69, 9.17) is 14.2 Å². The average Bonchev–Trinajstić information content (AvgIpc) is 3.50. The first-order chi connectivity index (χ1) is 17.0. The van der Waals surface area contributed by atoms with E-state index < -0.39 is 11.7 Å². The van der Waals surface area contributed by atoms with Crippen molar-refractivity contribution in [1.29, 1.82) is 0 Å². The highest BCUT2D eigenvalue weighted by Gasteiger charge is 2.20. The first-order valence-electron chi connectivity index (χ1n) is 11.1. The van der Waals surface area contributed by atoms with Gasteiger partial charge in [-0.2, -0.15) is 4.98 Å². The quantitative estimate of drug-likeness (QED) is 0.402. The lowest BCUT2D eigenvalue weighted by atomic mass is 10.1. The molecule has 0 spiro atoms. The third-order valence-corrected chi connectivity index (χ3v) is 5.25. The fourth-order valence-corrected chi connectivity index (χ4v) is 3.53. The van der Waals surface area contributed by atoms with E-state index in [-0.39, 0.29) is 18.4 Å². The number of benzene rings is 3. The molecule has 0 aliphatic carbocycles. The van der Waals surface area contributed by atoms with Crippen LogP contribution in [0.3, 0.4) is 0 Å². The molecule has 178 valence electrons. The molecule has 2 heterocycles. The molecule has 1 aliphatic heterocycles. The van der Waals surface area contributed by atoms with Gasteiger partial charge in [0.25, 0.3) is 5.91 Å². The molecule has 35 heavy (non-hydrogen) atoms. The van der Waals surface area contributed by atoms with Crippen molar-refractivity contribution in [2.75, 3.05) is 18.7 Å². The van der Waals surface area contributed by atoms with Crippen LogP contribution >= 0.6 is 0 Å². The molecule has 5 rings (SSSR count). The fourth-order valence-electron chi connectivity index (χ4n) is 3.53. The van der Waals surface area contributed by atoms with Crippen LogP contribution in [0.5, 0.6) is 17.5 Å². The number of halogens is 1. The highest BCUT2D eigenvalue weighted by molar-refractivity contribution is 6.04. The van der Waals surface area contributed by atoms with E-state index >= 15 is 0 Å². The molecule has 0 bridgehead atoms. The van der Waals surface area contributed by atoms with Crippen LogP contribution in [0.4, 0.5) is 10.1 Å². The molecule has 0 radical (unpaired) electrons. The zero-order chi connectivity index (χ0) is 24.4. The number of carbonyl (C=O) groups is 1. The maximum Gasteiger partial charge on any atom is 0.336 e. The van der Waals surface area contributed by atoms with Crippen LogP contribution in [0.1, 0.15) is 24.2 Å². The molecule has 1 amide bonds. The van der Waals surface area contributed by atoms with Crippen LogP contribution in [0.15, 0.2) is 66.7 Å². The Kier molecular flexibility index (Phi) is 6.05. The van der Waals surface area contributed by atoms with E-state index in [1.807, 2.05) is 32.0 Å².